The molecule has 0 radical (unpaired) electrons. The second kappa shape index (κ2) is 4.00. The molecule has 1 aliphatic carbocycles. The maximum absolute atomic E-state index is 12.9. The average molecular weight is 254 g/mol. The van der Waals surface area contributed by atoms with Crippen LogP contribution in [0.15, 0.2) is 22.7 Å². The van der Waals surface area contributed by atoms with Crippen LogP contribution in [0.4, 0.5) is 10.4 Å². The molecule has 1 aliphatic rings. The van der Waals surface area contributed by atoms with E-state index in [4.69, 9.17) is 16.1 Å². The summed E-state index contributed by atoms with van der Waals surface area (Å²) in [6.07, 6.45) is 2.24. The van der Waals surface area contributed by atoms with Gasteiger partial charge in [0.25, 0.3) is 0 Å². The van der Waals surface area contributed by atoms with Crippen molar-refractivity contribution in [2.24, 2.45) is 0 Å². The zero-order chi connectivity index (χ0) is 11.8. The van der Waals surface area contributed by atoms with Crippen molar-refractivity contribution in [2.45, 2.75) is 18.9 Å². The van der Waals surface area contributed by atoms with Gasteiger partial charge in [0.15, 0.2) is 0 Å². The Morgan fingerprint density at radius 1 is 1.41 bits per heavy atom. The van der Waals surface area contributed by atoms with E-state index in [1.165, 1.54) is 18.2 Å². The van der Waals surface area contributed by atoms with Gasteiger partial charge in [-0.1, -0.05) is 16.8 Å². The minimum atomic E-state index is -0.390. The standard InChI is InChI=1S/C11H9ClFN3O/c12-9-5-6(13)1-4-8(9)10-15-11(17-16-10)14-7-2-3-7/h1,4-5,7H,2-3H2,(H,14,15,16). The van der Waals surface area contributed by atoms with Crippen molar-refractivity contribution >= 4 is 17.6 Å². The number of nitrogens with one attached hydrogen (secondary N) is 1. The Labute approximate surface area is 102 Å². The summed E-state index contributed by atoms with van der Waals surface area (Å²) in [7, 11) is 0. The normalized spacial score (nSPS) is 14.9. The van der Waals surface area contributed by atoms with Crippen molar-refractivity contribution in [3.05, 3.63) is 29.0 Å². The van der Waals surface area contributed by atoms with Crippen LogP contribution in [0.3, 0.4) is 0 Å². The zero-order valence-corrected chi connectivity index (χ0v) is 9.54. The molecule has 17 heavy (non-hydrogen) atoms. The van der Waals surface area contributed by atoms with Gasteiger partial charge in [-0.15, -0.1) is 0 Å². The van der Waals surface area contributed by atoms with Crippen LogP contribution in [0.5, 0.6) is 0 Å². The van der Waals surface area contributed by atoms with Crippen molar-refractivity contribution < 1.29 is 8.91 Å². The average Bonchev–Trinajstić information content (AvgIpc) is 2.96. The number of aromatic nitrogens is 2. The summed E-state index contributed by atoms with van der Waals surface area (Å²) in [6.45, 7) is 0. The molecule has 0 aliphatic heterocycles. The van der Waals surface area contributed by atoms with E-state index in [0.717, 1.165) is 12.8 Å². The van der Waals surface area contributed by atoms with Crippen LogP contribution in [0.1, 0.15) is 12.8 Å². The fraction of sp³-hybridized carbons (Fsp3) is 0.273. The Bertz CT molecular complexity index is 553. The lowest BCUT2D eigenvalue weighted by Crippen LogP contribution is -2.00. The van der Waals surface area contributed by atoms with Crippen molar-refractivity contribution in [1.29, 1.82) is 0 Å². The van der Waals surface area contributed by atoms with Crippen LogP contribution in [0.2, 0.25) is 5.02 Å². The van der Waals surface area contributed by atoms with E-state index in [-0.39, 0.29) is 5.02 Å². The Hall–Kier alpha value is -1.62. The smallest absolute Gasteiger partial charge is 0.322 e. The Kier molecular flexibility index (Phi) is 2.48. The first-order valence-electron chi connectivity index (χ1n) is 5.28. The number of hydrogen-bond acceptors (Lipinski definition) is 4. The third-order valence-electron chi connectivity index (χ3n) is 2.50. The van der Waals surface area contributed by atoms with Gasteiger partial charge >= 0.3 is 6.01 Å². The lowest BCUT2D eigenvalue weighted by Gasteiger charge is -1.97. The first-order chi connectivity index (χ1) is 8.22. The van der Waals surface area contributed by atoms with Gasteiger partial charge in [0.1, 0.15) is 5.82 Å². The Balaban J connectivity index is 1.89. The van der Waals surface area contributed by atoms with Gasteiger partial charge in [0, 0.05) is 11.6 Å². The SMILES string of the molecule is Fc1ccc(-c2noc(NC3CC3)n2)c(Cl)c1. The molecule has 0 amide bonds. The van der Waals surface area contributed by atoms with Crippen LogP contribution in [0, 0.1) is 5.82 Å². The molecular weight excluding hydrogens is 245 g/mol. The number of anilines is 1. The van der Waals surface area contributed by atoms with E-state index in [1.54, 1.807) is 0 Å². The van der Waals surface area contributed by atoms with Crippen molar-refractivity contribution in [3.63, 3.8) is 0 Å². The first-order valence-corrected chi connectivity index (χ1v) is 5.66. The minimum absolute atomic E-state index is 0.267. The molecule has 0 spiro atoms. The predicted octanol–water partition coefficient (Wildman–Crippen LogP) is 3.10. The molecule has 1 heterocycles. The lowest BCUT2D eigenvalue weighted by atomic mass is 10.2. The molecule has 88 valence electrons. The van der Waals surface area contributed by atoms with Crippen LogP contribution in [-0.4, -0.2) is 16.2 Å². The molecule has 0 bridgehead atoms. The highest BCUT2D eigenvalue weighted by Crippen LogP contribution is 2.28. The Morgan fingerprint density at radius 3 is 2.94 bits per heavy atom. The molecular formula is C11H9ClFN3O. The fourth-order valence-corrected chi connectivity index (χ4v) is 1.72. The number of rotatable bonds is 3. The van der Waals surface area contributed by atoms with E-state index >= 15 is 0 Å². The maximum atomic E-state index is 12.9. The van der Waals surface area contributed by atoms with Gasteiger partial charge in [-0.2, -0.15) is 4.98 Å². The van der Waals surface area contributed by atoms with Crippen molar-refractivity contribution in [2.75, 3.05) is 5.32 Å². The largest absolute Gasteiger partial charge is 0.335 e. The maximum Gasteiger partial charge on any atom is 0.322 e. The second-order valence-electron chi connectivity index (χ2n) is 3.97. The zero-order valence-electron chi connectivity index (χ0n) is 8.78. The summed E-state index contributed by atoms with van der Waals surface area (Å²) in [4.78, 5) is 4.16. The molecule has 3 rings (SSSR count). The molecule has 1 fully saturated rings. The predicted molar refractivity (Wildman–Crippen MR) is 61.3 cm³/mol. The highest BCUT2D eigenvalue weighted by atomic mass is 35.5. The molecule has 1 aromatic heterocycles. The van der Waals surface area contributed by atoms with Gasteiger partial charge in [-0.05, 0) is 31.0 Å². The third kappa shape index (κ3) is 2.24. The molecule has 1 aromatic carbocycles. The number of hydrogen-bond donors (Lipinski definition) is 1. The van der Waals surface area contributed by atoms with Gasteiger partial charge in [-0.25, -0.2) is 4.39 Å². The van der Waals surface area contributed by atoms with Gasteiger partial charge in [-0.3, -0.25) is 0 Å². The summed E-state index contributed by atoms with van der Waals surface area (Å²) < 4.78 is 17.9. The molecule has 0 atom stereocenters. The van der Waals surface area contributed by atoms with Crippen LogP contribution >= 0.6 is 11.6 Å². The van der Waals surface area contributed by atoms with E-state index in [1.807, 2.05) is 0 Å². The summed E-state index contributed by atoms with van der Waals surface area (Å²) in [5, 5.41) is 7.15. The van der Waals surface area contributed by atoms with Crippen LogP contribution < -0.4 is 5.32 Å². The fourth-order valence-electron chi connectivity index (χ4n) is 1.46. The van der Waals surface area contributed by atoms with Crippen molar-refractivity contribution in [1.82, 2.24) is 10.1 Å². The Morgan fingerprint density at radius 2 is 2.24 bits per heavy atom. The number of halogens is 2. The summed E-state index contributed by atoms with van der Waals surface area (Å²) in [6, 6.07) is 4.88. The van der Waals surface area contributed by atoms with E-state index < -0.39 is 5.82 Å². The molecule has 4 nitrogen and oxygen atoms in total. The number of benzene rings is 1. The second-order valence-corrected chi connectivity index (χ2v) is 4.37. The summed E-state index contributed by atoms with van der Waals surface area (Å²) >= 11 is 5.91. The van der Waals surface area contributed by atoms with Gasteiger partial charge in [0.05, 0.1) is 5.02 Å². The summed E-state index contributed by atoms with van der Waals surface area (Å²) in [5.41, 5.74) is 0.556. The van der Waals surface area contributed by atoms with Crippen molar-refractivity contribution in [3.8, 4) is 11.4 Å². The third-order valence-corrected chi connectivity index (χ3v) is 2.82. The molecule has 2 aromatic rings. The molecule has 0 saturated heterocycles. The van der Waals surface area contributed by atoms with E-state index in [0.29, 0.717) is 23.4 Å². The monoisotopic (exact) mass is 253 g/mol. The highest BCUT2D eigenvalue weighted by Gasteiger charge is 2.23. The highest BCUT2D eigenvalue weighted by molar-refractivity contribution is 6.33. The minimum Gasteiger partial charge on any atom is -0.335 e. The molecule has 1 N–H and O–H groups in total. The lowest BCUT2D eigenvalue weighted by molar-refractivity contribution is 0.432. The quantitative estimate of drug-likeness (QED) is 0.913. The van der Waals surface area contributed by atoms with E-state index in [9.17, 15) is 4.39 Å². The van der Waals surface area contributed by atoms with E-state index in [2.05, 4.69) is 15.5 Å². The molecule has 0 unspecified atom stereocenters. The first kappa shape index (κ1) is 10.5. The summed E-state index contributed by atoms with van der Waals surface area (Å²) in [5.74, 6) is -0.0308. The van der Waals surface area contributed by atoms with Gasteiger partial charge < -0.3 is 9.84 Å². The molecule has 6 heteroatoms. The van der Waals surface area contributed by atoms with Crippen LogP contribution in [0.25, 0.3) is 11.4 Å². The topological polar surface area (TPSA) is 51.0 Å². The van der Waals surface area contributed by atoms with Crippen LogP contribution in [-0.2, 0) is 0 Å². The molecule has 1 saturated carbocycles. The van der Waals surface area contributed by atoms with Gasteiger partial charge in [0.2, 0.25) is 5.82 Å². The number of nitrogens with zero attached hydrogens (tertiary/aromatic N) is 2.